The first-order valence-corrected chi connectivity index (χ1v) is 6.94. The smallest absolute Gasteiger partial charge is 0.132 e. The van der Waals surface area contributed by atoms with Crippen LogP contribution in [0.1, 0.15) is 23.8 Å². The zero-order chi connectivity index (χ0) is 15.1. The van der Waals surface area contributed by atoms with Crippen LogP contribution in [0.15, 0.2) is 42.7 Å². The van der Waals surface area contributed by atoms with Gasteiger partial charge in [-0.3, -0.25) is 0 Å². The maximum absolute atomic E-state index is 10.2. The van der Waals surface area contributed by atoms with Gasteiger partial charge in [-0.05, 0) is 12.0 Å². The van der Waals surface area contributed by atoms with Crippen molar-refractivity contribution >= 4 is 5.82 Å². The molecule has 0 aliphatic heterocycles. The van der Waals surface area contributed by atoms with Gasteiger partial charge in [-0.1, -0.05) is 30.3 Å². The topological polar surface area (TPSA) is 58.5 Å². The first-order chi connectivity index (χ1) is 10.2. The molecule has 5 nitrogen and oxygen atoms in total. The lowest BCUT2D eigenvalue weighted by molar-refractivity contribution is 0.169. The van der Waals surface area contributed by atoms with E-state index < -0.39 is 6.10 Å². The summed E-state index contributed by atoms with van der Waals surface area (Å²) >= 11 is 0. The molecule has 0 unspecified atom stereocenters. The summed E-state index contributed by atoms with van der Waals surface area (Å²) in [6.45, 7) is 1.18. The van der Waals surface area contributed by atoms with Crippen molar-refractivity contribution in [2.75, 3.05) is 25.6 Å². The normalized spacial score (nSPS) is 12.1. The Hall–Kier alpha value is -1.98. The minimum Gasteiger partial charge on any atom is -0.388 e. The summed E-state index contributed by atoms with van der Waals surface area (Å²) in [4.78, 5) is 10.4. The zero-order valence-corrected chi connectivity index (χ0v) is 12.4. The largest absolute Gasteiger partial charge is 0.388 e. The van der Waals surface area contributed by atoms with Crippen molar-refractivity contribution in [3.05, 3.63) is 54.0 Å². The predicted octanol–water partition coefficient (Wildman–Crippen LogP) is 2.18. The van der Waals surface area contributed by atoms with Crippen LogP contribution in [-0.2, 0) is 11.3 Å². The predicted molar refractivity (Wildman–Crippen MR) is 82.0 cm³/mol. The average Bonchev–Trinajstić information content (AvgIpc) is 2.53. The van der Waals surface area contributed by atoms with E-state index in [1.165, 1.54) is 6.33 Å². The number of rotatable bonds is 7. The SMILES string of the molecule is COCc1cc(N(C)CC[C@H](O)c2ccccc2)ncn1. The van der Waals surface area contributed by atoms with E-state index in [0.717, 1.165) is 17.1 Å². The number of aliphatic hydroxyl groups excluding tert-OH is 1. The second kappa shape index (κ2) is 7.71. The molecule has 0 radical (unpaired) electrons. The molecule has 0 aliphatic carbocycles. The molecular formula is C16H21N3O2. The number of benzene rings is 1. The van der Waals surface area contributed by atoms with E-state index in [9.17, 15) is 5.11 Å². The van der Waals surface area contributed by atoms with E-state index in [4.69, 9.17) is 4.74 Å². The maximum Gasteiger partial charge on any atom is 0.132 e. The van der Waals surface area contributed by atoms with E-state index in [1.807, 2.05) is 48.3 Å². The molecule has 0 bridgehead atoms. The van der Waals surface area contributed by atoms with Gasteiger partial charge in [0.05, 0.1) is 18.4 Å². The van der Waals surface area contributed by atoms with Crippen molar-refractivity contribution < 1.29 is 9.84 Å². The van der Waals surface area contributed by atoms with Gasteiger partial charge in [0.25, 0.3) is 0 Å². The van der Waals surface area contributed by atoms with Crippen molar-refractivity contribution in [3.63, 3.8) is 0 Å². The van der Waals surface area contributed by atoms with Crippen molar-refractivity contribution in [2.24, 2.45) is 0 Å². The molecule has 1 aromatic heterocycles. The van der Waals surface area contributed by atoms with E-state index in [0.29, 0.717) is 19.6 Å². The summed E-state index contributed by atoms with van der Waals surface area (Å²) in [5.74, 6) is 0.831. The van der Waals surface area contributed by atoms with Crippen LogP contribution in [0.2, 0.25) is 0 Å². The Morgan fingerprint density at radius 3 is 2.71 bits per heavy atom. The van der Waals surface area contributed by atoms with Gasteiger partial charge in [-0.2, -0.15) is 0 Å². The average molecular weight is 287 g/mol. The van der Waals surface area contributed by atoms with Gasteiger partial charge in [0, 0.05) is 26.8 Å². The fraction of sp³-hybridized carbons (Fsp3) is 0.375. The standard InChI is InChI=1S/C16H21N3O2/c1-19(16-10-14(11-21-2)17-12-18-16)9-8-15(20)13-6-4-3-5-7-13/h3-7,10,12,15,20H,8-9,11H2,1-2H3/t15-/m0/s1. The Morgan fingerprint density at radius 2 is 2.00 bits per heavy atom. The van der Waals surface area contributed by atoms with Crippen LogP contribution in [-0.4, -0.2) is 35.8 Å². The lowest BCUT2D eigenvalue weighted by atomic mass is 10.1. The number of anilines is 1. The van der Waals surface area contributed by atoms with Gasteiger partial charge in [-0.15, -0.1) is 0 Å². The van der Waals surface area contributed by atoms with Crippen molar-refractivity contribution in [2.45, 2.75) is 19.1 Å². The summed E-state index contributed by atoms with van der Waals surface area (Å²) in [7, 11) is 3.60. The number of methoxy groups -OCH3 is 1. The van der Waals surface area contributed by atoms with Crippen molar-refractivity contribution in [1.29, 1.82) is 0 Å². The lowest BCUT2D eigenvalue weighted by Gasteiger charge is -2.20. The molecule has 1 atom stereocenters. The summed E-state index contributed by atoms with van der Waals surface area (Å²) in [6, 6.07) is 11.6. The molecule has 2 rings (SSSR count). The Balaban J connectivity index is 1.92. The summed E-state index contributed by atoms with van der Waals surface area (Å²) < 4.78 is 5.07. The van der Waals surface area contributed by atoms with Crippen LogP contribution in [0, 0.1) is 0 Å². The van der Waals surface area contributed by atoms with Gasteiger partial charge in [0.2, 0.25) is 0 Å². The molecule has 0 fully saturated rings. The van der Waals surface area contributed by atoms with E-state index in [2.05, 4.69) is 9.97 Å². The monoisotopic (exact) mass is 287 g/mol. The Kier molecular flexibility index (Phi) is 5.66. The van der Waals surface area contributed by atoms with Crippen molar-refractivity contribution in [1.82, 2.24) is 9.97 Å². The highest BCUT2D eigenvalue weighted by Gasteiger charge is 2.10. The molecule has 2 aromatic rings. The maximum atomic E-state index is 10.2. The number of nitrogens with zero attached hydrogens (tertiary/aromatic N) is 3. The highest BCUT2D eigenvalue weighted by molar-refractivity contribution is 5.37. The molecule has 1 aromatic carbocycles. The molecular weight excluding hydrogens is 266 g/mol. The van der Waals surface area contributed by atoms with Gasteiger partial charge >= 0.3 is 0 Å². The van der Waals surface area contributed by atoms with E-state index in [1.54, 1.807) is 7.11 Å². The molecule has 112 valence electrons. The number of ether oxygens (including phenoxy) is 1. The first-order valence-electron chi connectivity index (χ1n) is 6.94. The highest BCUT2D eigenvalue weighted by atomic mass is 16.5. The molecule has 21 heavy (non-hydrogen) atoms. The molecule has 1 N–H and O–H groups in total. The van der Waals surface area contributed by atoms with E-state index >= 15 is 0 Å². The van der Waals surface area contributed by atoms with Crippen LogP contribution in [0.5, 0.6) is 0 Å². The number of aromatic nitrogens is 2. The van der Waals surface area contributed by atoms with Crippen LogP contribution < -0.4 is 4.90 Å². The summed E-state index contributed by atoms with van der Waals surface area (Å²) in [5, 5.41) is 10.2. The first kappa shape index (κ1) is 15.4. The highest BCUT2D eigenvalue weighted by Crippen LogP contribution is 2.18. The number of hydrogen-bond donors (Lipinski definition) is 1. The quantitative estimate of drug-likeness (QED) is 0.846. The van der Waals surface area contributed by atoms with Gasteiger partial charge < -0.3 is 14.7 Å². The number of hydrogen-bond acceptors (Lipinski definition) is 5. The summed E-state index contributed by atoms with van der Waals surface area (Å²) in [5.41, 5.74) is 1.78. The third-order valence-electron chi connectivity index (χ3n) is 3.31. The molecule has 0 aliphatic rings. The van der Waals surface area contributed by atoms with Crippen molar-refractivity contribution in [3.8, 4) is 0 Å². The van der Waals surface area contributed by atoms with Crippen LogP contribution in [0.4, 0.5) is 5.82 Å². The fourth-order valence-corrected chi connectivity index (χ4v) is 2.09. The zero-order valence-electron chi connectivity index (χ0n) is 12.4. The van der Waals surface area contributed by atoms with Gasteiger partial charge in [0.15, 0.2) is 0 Å². The van der Waals surface area contributed by atoms with Crippen LogP contribution in [0.3, 0.4) is 0 Å². The van der Waals surface area contributed by atoms with Gasteiger partial charge in [-0.25, -0.2) is 9.97 Å². The third-order valence-corrected chi connectivity index (χ3v) is 3.31. The fourth-order valence-electron chi connectivity index (χ4n) is 2.09. The number of aliphatic hydroxyl groups is 1. The summed E-state index contributed by atoms with van der Waals surface area (Å²) in [6.07, 6.45) is 1.71. The second-order valence-corrected chi connectivity index (χ2v) is 4.94. The molecule has 0 spiro atoms. The lowest BCUT2D eigenvalue weighted by Crippen LogP contribution is -2.22. The Bertz CT molecular complexity index is 548. The minimum atomic E-state index is -0.464. The molecule has 0 saturated carbocycles. The molecule has 0 amide bonds. The molecule has 0 saturated heterocycles. The Morgan fingerprint density at radius 1 is 1.24 bits per heavy atom. The molecule has 1 heterocycles. The van der Waals surface area contributed by atoms with Crippen LogP contribution >= 0.6 is 0 Å². The second-order valence-electron chi connectivity index (χ2n) is 4.94. The molecule has 5 heteroatoms. The van der Waals surface area contributed by atoms with Crippen LogP contribution in [0.25, 0.3) is 0 Å². The van der Waals surface area contributed by atoms with E-state index in [-0.39, 0.29) is 0 Å². The third kappa shape index (κ3) is 4.51. The minimum absolute atomic E-state index is 0.464. The Labute approximate surface area is 125 Å². The van der Waals surface area contributed by atoms with Gasteiger partial charge in [0.1, 0.15) is 12.1 Å².